The number of rotatable bonds is 6. The summed E-state index contributed by atoms with van der Waals surface area (Å²) < 4.78 is 0. The number of hydrogen-bond acceptors (Lipinski definition) is 2. The lowest BCUT2D eigenvalue weighted by atomic mass is 10.1. The number of hydrogen-bond donors (Lipinski definition) is 1. The van der Waals surface area contributed by atoms with Crippen molar-refractivity contribution in [1.29, 1.82) is 0 Å². The van der Waals surface area contributed by atoms with Crippen LogP contribution in [0.4, 0.5) is 5.69 Å². The van der Waals surface area contributed by atoms with E-state index >= 15 is 0 Å². The summed E-state index contributed by atoms with van der Waals surface area (Å²) in [6, 6.07) is 7.87. The molecular weight excluding hydrogens is 214 g/mol. The first-order valence-corrected chi connectivity index (χ1v) is 5.94. The van der Waals surface area contributed by atoms with Crippen LogP contribution in [0.1, 0.15) is 25.8 Å². The van der Waals surface area contributed by atoms with Gasteiger partial charge in [0.15, 0.2) is 0 Å². The largest absolute Gasteiger partial charge is 0.478 e. The van der Waals surface area contributed by atoms with Crippen LogP contribution >= 0.6 is 0 Å². The molecule has 0 aliphatic carbocycles. The van der Waals surface area contributed by atoms with Crippen molar-refractivity contribution in [1.82, 2.24) is 0 Å². The summed E-state index contributed by atoms with van der Waals surface area (Å²) in [5.74, 6) is -0.918. The van der Waals surface area contributed by atoms with Gasteiger partial charge in [0, 0.05) is 24.9 Å². The second kappa shape index (κ2) is 6.74. The van der Waals surface area contributed by atoms with Gasteiger partial charge in [0.2, 0.25) is 0 Å². The van der Waals surface area contributed by atoms with Crippen LogP contribution in [0.2, 0.25) is 0 Å². The van der Waals surface area contributed by atoms with Crippen molar-refractivity contribution in [2.24, 2.45) is 0 Å². The molecule has 17 heavy (non-hydrogen) atoms. The van der Waals surface area contributed by atoms with Gasteiger partial charge in [0.1, 0.15) is 0 Å². The number of nitrogens with zero attached hydrogens (tertiary/aromatic N) is 1. The van der Waals surface area contributed by atoms with Gasteiger partial charge in [0.25, 0.3) is 0 Å². The minimum Gasteiger partial charge on any atom is -0.478 e. The van der Waals surface area contributed by atoms with E-state index in [1.54, 1.807) is 6.08 Å². The third kappa shape index (κ3) is 3.94. The van der Waals surface area contributed by atoms with Gasteiger partial charge >= 0.3 is 5.97 Å². The maximum absolute atomic E-state index is 10.5. The zero-order chi connectivity index (χ0) is 12.7. The molecule has 92 valence electrons. The molecule has 1 N–H and O–H groups in total. The maximum atomic E-state index is 10.5. The van der Waals surface area contributed by atoms with Gasteiger partial charge < -0.3 is 10.0 Å². The Labute approximate surface area is 102 Å². The predicted octanol–water partition coefficient (Wildman–Crippen LogP) is 3.02. The molecule has 1 aromatic rings. The van der Waals surface area contributed by atoms with Crippen molar-refractivity contribution < 1.29 is 9.90 Å². The van der Waals surface area contributed by atoms with Crippen LogP contribution in [0.25, 0.3) is 6.08 Å². The molecule has 0 aliphatic rings. The second-order valence-electron chi connectivity index (χ2n) is 3.81. The highest BCUT2D eigenvalue weighted by atomic mass is 16.4. The van der Waals surface area contributed by atoms with Crippen molar-refractivity contribution in [3.8, 4) is 0 Å². The molecule has 0 aliphatic heterocycles. The lowest BCUT2D eigenvalue weighted by Crippen LogP contribution is -2.24. The van der Waals surface area contributed by atoms with Gasteiger partial charge in [-0.25, -0.2) is 4.79 Å². The molecule has 0 radical (unpaired) electrons. The molecule has 0 heterocycles. The van der Waals surface area contributed by atoms with Crippen LogP contribution in [0.15, 0.2) is 30.3 Å². The number of benzene rings is 1. The molecule has 1 aromatic carbocycles. The van der Waals surface area contributed by atoms with Gasteiger partial charge in [-0.15, -0.1) is 0 Å². The molecule has 0 saturated heterocycles. The first-order valence-electron chi connectivity index (χ1n) is 5.94. The van der Waals surface area contributed by atoms with E-state index in [1.807, 2.05) is 24.3 Å². The smallest absolute Gasteiger partial charge is 0.328 e. The molecule has 3 heteroatoms. The van der Waals surface area contributed by atoms with Crippen LogP contribution in [-0.2, 0) is 4.79 Å². The van der Waals surface area contributed by atoms with Gasteiger partial charge in [-0.05, 0) is 31.1 Å². The molecule has 0 spiro atoms. The first kappa shape index (κ1) is 13.3. The van der Waals surface area contributed by atoms with Crippen molar-refractivity contribution in [2.75, 3.05) is 18.0 Å². The summed E-state index contributed by atoms with van der Waals surface area (Å²) in [7, 11) is 0. The lowest BCUT2D eigenvalue weighted by molar-refractivity contribution is -0.131. The van der Waals surface area contributed by atoms with E-state index in [0.717, 1.165) is 30.8 Å². The van der Waals surface area contributed by atoms with Crippen molar-refractivity contribution in [3.63, 3.8) is 0 Å². The lowest BCUT2D eigenvalue weighted by Gasteiger charge is -2.24. The number of anilines is 1. The van der Waals surface area contributed by atoms with E-state index in [4.69, 9.17) is 5.11 Å². The highest BCUT2D eigenvalue weighted by molar-refractivity contribution is 5.87. The molecule has 0 saturated carbocycles. The SMILES string of the molecule is CCCN(CC)c1ccccc1/C=C/C(=O)O. The Morgan fingerprint density at radius 1 is 1.35 bits per heavy atom. The van der Waals surface area contributed by atoms with Crippen molar-refractivity contribution >= 4 is 17.7 Å². The Kier molecular flexibility index (Phi) is 5.27. The molecule has 0 amide bonds. The fourth-order valence-corrected chi connectivity index (χ4v) is 1.80. The fraction of sp³-hybridized carbons (Fsp3) is 0.357. The van der Waals surface area contributed by atoms with Crippen LogP contribution in [-0.4, -0.2) is 24.2 Å². The van der Waals surface area contributed by atoms with Crippen molar-refractivity contribution in [2.45, 2.75) is 20.3 Å². The Hall–Kier alpha value is -1.77. The maximum Gasteiger partial charge on any atom is 0.328 e. The third-order valence-corrected chi connectivity index (χ3v) is 2.56. The first-order chi connectivity index (χ1) is 8.19. The molecule has 0 unspecified atom stereocenters. The van der Waals surface area contributed by atoms with Gasteiger partial charge in [-0.2, -0.15) is 0 Å². The quantitative estimate of drug-likeness (QED) is 0.768. The Morgan fingerprint density at radius 3 is 2.65 bits per heavy atom. The van der Waals surface area contributed by atoms with Gasteiger partial charge in [-0.1, -0.05) is 25.1 Å². The summed E-state index contributed by atoms with van der Waals surface area (Å²) >= 11 is 0. The van der Waals surface area contributed by atoms with Crippen LogP contribution < -0.4 is 4.90 Å². The fourth-order valence-electron chi connectivity index (χ4n) is 1.80. The van der Waals surface area contributed by atoms with E-state index < -0.39 is 5.97 Å². The Bertz CT molecular complexity index is 399. The Morgan fingerprint density at radius 2 is 2.06 bits per heavy atom. The van der Waals surface area contributed by atoms with Crippen LogP contribution in [0.5, 0.6) is 0 Å². The number of carboxylic acids is 1. The second-order valence-corrected chi connectivity index (χ2v) is 3.81. The van der Waals surface area contributed by atoms with Crippen molar-refractivity contribution in [3.05, 3.63) is 35.9 Å². The summed E-state index contributed by atoms with van der Waals surface area (Å²) in [5.41, 5.74) is 2.04. The topological polar surface area (TPSA) is 40.5 Å². The molecule has 1 rings (SSSR count). The normalized spacial score (nSPS) is 10.7. The molecular formula is C14H19NO2. The standard InChI is InChI=1S/C14H19NO2/c1-3-11-15(4-2)13-8-6-5-7-12(13)9-10-14(16)17/h5-10H,3-4,11H2,1-2H3,(H,16,17)/b10-9+. The zero-order valence-corrected chi connectivity index (χ0v) is 10.4. The van der Waals surface area contributed by atoms with Gasteiger partial charge in [0.05, 0.1) is 0 Å². The average Bonchev–Trinajstić information content (AvgIpc) is 2.34. The molecule has 3 nitrogen and oxygen atoms in total. The van der Waals surface area contributed by atoms with E-state index in [-0.39, 0.29) is 0 Å². The minimum atomic E-state index is -0.918. The predicted molar refractivity (Wildman–Crippen MR) is 71.3 cm³/mol. The molecule has 0 fully saturated rings. The molecule has 0 bridgehead atoms. The van der Waals surface area contributed by atoms with E-state index in [9.17, 15) is 4.79 Å². The Balaban J connectivity index is 3.01. The number of carboxylic acid groups (broad SMARTS) is 1. The molecule has 0 atom stereocenters. The minimum absolute atomic E-state index is 0.918. The van der Waals surface area contributed by atoms with E-state index in [0.29, 0.717) is 0 Å². The summed E-state index contributed by atoms with van der Waals surface area (Å²) in [5, 5.41) is 8.66. The number of carbonyl (C=O) groups is 1. The summed E-state index contributed by atoms with van der Waals surface area (Å²) in [6.07, 6.45) is 3.90. The number of para-hydroxylation sites is 1. The summed E-state index contributed by atoms with van der Waals surface area (Å²) in [6.45, 7) is 6.14. The van der Waals surface area contributed by atoms with Crippen LogP contribution in [0.3, 0.4) is 0 Å². The van der Waals surface area contributed by atoms with Crippen LogP contribution in [0, 0.1) is 0 Å². The summed E-state index contributed by atoms with van der Waals surface area (Å²) in [4.78, 5) is 12.8. The van der Waals surface area contributed by atoms with E-state index in [2.05, 4.69) is 18.7 Å². The highest BCUT2D eigenvalue weighted by Gasteiger charge is 2.06. The van der Waals surface area contributed by atoms with E-state index in [1.165, 1.54) is 6.08 Å². The monoisotopic (exact) mass is 233 g/mol. The highest BCUT2D eigenvalue weighted by Crippen LogP contribution is 2.21. The zero-order valence-electron chi connectivity index (χ0n) is 10.4. The average molecular weight is 233 g/mol. The molecule has 0 aromatic heterocycles. The number of aliphatic carboxylic acids is 1. The third-order valence-electron chi connectivity index (χ3n) is 2.56. The van der Waals surface area contributed by atoms with Gasteiger partial charge in [-0.3, -0.25) is 0 Å².